The zero-order valence-electron chi connectivity index (χ0n) is 11.6. The molecule has 0 aromatic carbocycles. The molecule has 0 radical (unpaired) electrons. The molecule has 4 fully saturated rings. The second-order valence-electron chi connectivity index (χ2n) is 6.90. The van der Waals surface area contributed by atoms with Gasteiger partial charge in [-0.2, -0.15) is 0 Å². The fourth-order valence-electron chi connectivity index (χ4n) is 5.29. The van der Waals surface area contributed by atoms with Crippen LogP contribution in [0.25, 0.3) is 0 Å². The first kappa shape index (κ1) is 15.4. The molecule has 3 aliphatic carbocycles. The van der Waals surface area contributed by atoms with Crippen molar-refractivity contribution >= 4 is 70.0 Å². The number of imide groups is 2. The molecule has 8 unspecified atom stereocenters. The first-order valence-electron chi connectivity index (χ1n) is 7.23. The van der Waals surface area contributed by atoms with Gasteiger partial charge < -0.3 is 0 Å². The van der Waals surface area contributed by atoms with Crippen LogP contribution in [0.4, 0.5) is 0 Å². The molecule has 6 nitrogen and oxygen atoms in total. The Morgan fingerprint density at radius 1 is 0.625 bits per heavy atom. The van der Waals surface area contributed by atoms with Gasteiger partial charge >= 0.3 is 0 Å². The topological polar surface area (TPSA) is 92.3 Å². The fraction of sp³-hybridized carbons (Fsp3) is 0.571. The number of rotatable bonds is 0. The minimum absolute atomic E-state index is 0.579. The molecule has 2 heterocycles. The van der Waals surface area contributed by atoms with E-state index in [1.165, 1.54) is 0 Å². The van der Waals surface area contributed by atoms with Gasteiger partial charge in [0.15, 0.2) is 19.5 Å². The maximum atomic E-state index is 12.3. The van der Waals surface area contributed by atoms with Crippen LogP contribution in [0.2, 0.25) is 0 Å². The van der Waals surface area contributed by atoms with Crippen LogP contribution in [0.5, 0.6) is 0 Å². The summed E-state index contributed by atoms with van der Waals surface area (Å²) in [4.78, 5) is 42.2. The summed E-state index contributed by atoms with van der Waals surface area (Å²) in [6, 6.07) is 0. The van der Waals surface area contributed by atoms with Crippen LogP contribution in [-0.4, -0.2) is 43.1 Å². The zero-order chi connectivity index (χ0) is 17.4. The molecule has 126 valence electrons. The molecule has 0 aromatic rings. The first-order chi connectivity index (χ1) is 11.1. The molecule has 5 aliphatic rings. The standard InChI is InChI=1S/C14H8Cl4N2O4/c15-11-3-1-2-4-6(5(3)13(11,17)9(23)19-7(11)21)14(18)10(24)20-8(22)12(4,14)16/h1-6H,(H,19,21,23)(H,20,22,24). The number of nitrogens with one attached hydrogen (secondary N) is 2. The fourth-order valence-corrected chi connectivity index (χ4v) is 7.29. The number of amides is 4. The third kappa shape index (κ3) is 1.06. The van der Waals surface area contributed by atoms with E-state index in [0.717, 1.165) is 0 Å². The van der Waals surface area contributed by atoms with E-state index in [9.17, 15) is 19.2 Å². The number of alkyl halides is 4. The van der Waals surface area contributed by atoms with Gasteiger partial charge in [-0.3, -0.25) is 29.8 Å². The number of carbonyl (C=O) groups excluding carboxylic acids is 4. The molecule has 2 saturated carbocycles. The second kappa shape index (κ2) is 3.80. The summed E-state index contributed by atoms with van der Waals surface area (Å²) in [7, 11) is 0. The van der Waals surface area contributed by atoms with Crippen LogP contribution in [0, 0.1) is 23.7 Å². The van der Waals surface area contributed by atoms with Crippen LogP contribution in [0.3, 0.4) is 0 Å². The maximum Gasteiger partial charge on any atom is 0.250 e. The molecule has 8 atom stereocenters. The lowest BCUT2D eigenvalue weighted by atomic mass is 9.39. The van der Waals surface area contributed by atoms with Crippen LogP contribution in [0.15, 0.2) is 12.2 Å². The zero-order valence-corrected chi connectivity index (χ0v) is 14.6. The highest BCUT2D eigenvalue weighted by Gasteiger charge is 2.91. The molecule has 0 aromatic heterocycles. The Kier molecular flexibility index (Phi) is 2.44. The third-order valence-electron chi connectivity index (χ3n) is 6.36. The lowest BCUT2D eigenvalue weighted by Crippen LogP contribution is -2.83. The van der Waals surface area contributed by atoms with Crippen LogP contribution >= 0.6 is 46.4 Å². The van der Waals surface area contributed by atoms with Crippen molar-refractivity contribution in [1.29, 1.82) is 0 Å². The monoisotopic (exact) mass is 408 g/mol. The Morgan fingerprint density at radius 2 is 0.917 bits per heavy atom. The lowest BCUT2D eigenvalue weighted by Gasteiger charge is -2.69. The summed E-state index contributed by atoms with van der Waals surface area (Å²) in [6.07, 6.45) is 3.29. The number of hydrogen-bond donors (Lipinski definition) is 2. The molecule has 2 aliphatic heterocycles. The second-order valence-corrected chi connectivity index (χ2v) is 9.29. The lowest BCUT2D eigenvalue weighted by molar-refractivity contribution is -0.148. The van der Waals surface area contributed by atoms with Gasteiger partial charge in [0.2, 0.25) is 0 Å². The van der Waals surface area contributed by atoms with Gasteiger partial charge in [-0.15, -0.1) is 46.4 Å². The van der Waals surface area contributed by atoms with Crippen molar-refractivity contribution in [3.8, 4) is 0 Å². The quantitative estimate of drug-likeness (QED) is 0.341. The Bertz CT molecular complexity index is 766. The van der Waals surface area contributed by atoms with Gasteiger partial charge in [0, 0.05) is 23.7 Å². The summed E-state index contributed by atoms with van der Waals surface area (Å²) in [6.45, 7) is 0. The Balaban J connectivity index is 1.70. The first-order valence-corrected chi connectivity index (χ1v) is 8.74. The number of halogens is 4. The van der Waals surface area contributed by atoms with Crippen molar-refractivity contribution in [1.82, 2.24) is 10.6 Å². The molecule has 10 heteroatoms. The summed E-state index contributed by atoms with van der Waals surface area (Å²) in [5, 5.41) is 4.32. The highest BCUT2D eigenvalue weighted by Crippen LogP contribution is 2.77. The average molecular weight is 410 g/mol. The molecule has 0 bridgehead atoms. The van der Waals surface area contributed by atoms with Gasteiger partial charge in [0.25, 0.3) is 23.6 Å². The van der Waals surface area contributed by atoms with E-state index in [0.29, 0.717) is 0 Å². The van der Waals surface area contributed by atoms with Gasteiger partial charge in [0.05, 0.1) is 0 Å². The van der Waals surface area contributed by atoms with Gasteiger partial charge in [0.1, 0.15) is 0 Å². The number of hydrogen-bond acceptors (Lipinski definition) is 4. The number of carbonyl (C=O) groups is 4. The average Bonchev–Trinajstić information content (AvgIpc) is 2.78. The maximum absolute atomic E-state index is 12.3. The third-order valence-corrected chi connectivity index (χ3v) is 9.44. The summed E-state index contributed by atoms with van der Waals surface area (Å²) < 4.78 is 0. The Labute approximate surface area is 155 Å². The minimum atomic E-state index is -1.73. The summed E-state index contributed by atoms with van der Waals surface area (Å²) in [5.41, 5.74) is 0. The highest BCUT2D eigenvalue weighted by molar-refractivity contribution is 6.57. The van der Waals surface area contributed by atoms with E-state index >= 15 is 0 Å². The molecular formula is C14H8Cl4N2O4. The Hall–Kier alpha value is -0.820. The van der Waals surface area contributed by atoms with Crippen molar-refractivity contribution in [2.75, 3.05) is 0 Å². The van der Waals surface area contributed by atoms with Crippen LogP contribution in [0.1, 0.15) is 0 Å². The molecule has 0 spiro atoms. The predicted molar refractivity (Wildman–Crippen MR) is 83.7 cm³/mol. The van der Waals surface area contributed by atoms with Gasteiger partial charge in [-0.05, 0) is 0 Å². The van der Waals surface area contributed by atoms with Crippen molar-refractivity contribution in [2.24, 2.45) is 23.7 Å². The van der Waals surface area contributed by atoms with E-state index in [-0.39, 0.29) is 0 Å². The van der Waals surface area contributed by atoms with E-state index in [4.69, 9.17) is 46.4 Å². The SMILES string of the molecule is O=C1NC(=O)C2(Cl)C3C(C=CC4C3C3(Cl)C(=O)NC(=O)C43Cl)C12Cl. The largest absolute Gasteiger partial charge is 0.293 e. The molecular weight excluding hydrogens is 402 g/mol. The minimum Gasteiger partial charge on any atom is -0.293 e. The molecule has 4 amide bonds. The number of fused-ring (bicyclic) bond motifs is 9. The van der Waals surface area contributed by atoms with Crippen LogP contribution in [-0.2, 0) is 19.2 Å². The van der Waals surface area contributed by atoms with E-state index in [1.54, 1.807) is 12.2 Å². The summed E-state index contributed by atoms with van der Waals surface area (Å²) in [5.74, 6) is -5.28. The predicted octanol–water partition coefficient (Wildman–Crippen LogP) is 0.271. The van der Waals surface area contributed by atoms with E-state index in [2.05, 4.69) is 10.6 Å². The highest BCUT2D eigenvalue weighted by atomic mass is 35.5. The van der Waals surface area contributed by atoms with Crippen LogP contribution < -0.4 is 10.6 Å². The van der Waals surface area contributed by atoms with E-state index in [1.807, 2.05) is 0 Å². The molecule has 5 rings (SSSR count). The van der Waals surface area contributed by atoms with Gasteiger partial charge in [-0.1, -0.05) is 12.2 Å². The number of allylic oxidation sites excluding steroid dienone is 2. The van der Waals surface area contributed by atoms with Crippen molar-refractivity contribution in [3.63, 3.8) is 0 Å². The molecule has 24 heavy (non-hydrogen) atoms. The normalized spacial score (nSPS) is 59.5. The smallest absolute Gasteiger partial charge is 0.250 e. The van der Waals surface area contributed by atoms with Gasteiger partial charge in [-0.25, -0.2) is 0 Å². The van der Waals surface area contributed by atoms with Crippen molar-refractivity contribution in [2.45, 2.75) is 19.5 Å². The molecule has 2 N–H and O–H groups in total. The van der Waals surface area contributed by atoms with Crippen molar-refractivity contribution < 1.29 is 19.2 Å². The Morgan fingerprint density at radius 3 is 1.25 bits per heavy atom. The van der Waals surface area contributed by atoms with Crippen molar-refractivity contribution in [3.05, 3.63) is 12.2 Å². The van der Waals surface area contributed by atoms with E-state index < -0.39 is 66.8 Å². The summed E-state index contributed by atoms with van der Waals surface area (Å²) >= 11 is 25.9. The molecule has 2 saturated heterocycles.